The Morgan fingerprint density at radius 3 is 2.78 bits per heavy atom. The Hall–Kier alpha value is -2.05. The van der Waals surface area contributed by atoms with Gasteiger partial charge in [0.15, 0.2) is 0 Å². The zero-order valence-electron chi connectivity index (χ0n) is 10.1. The van der Waals surface area contributed by atoms with E-state index < -0.39 is 5.97 Å². The summed E-state index contributed by atoms with van der Waals surface area (Å²) < 4.78 is 0. The summed E-state index contributed by atoms with van der Waals surface area (Å²) in [6, 6.07) is 6.80. The van der Waals surface area contributed by atoms with Gasteiger partial charge in [0.1, 0.15) is 0 Å². The van der Waals surface area contributed by atoms with Crippen LogP contribution in [0.1, 0.15) is 35.2 Å². The van der Waals surface area contributed by atoms with Crippen LogP contribution in [0.2, 0.25) is 0 Å². The number of carboxylic acid groups (broad SMARTS) is 1. The first kappa shape index (κ1) is 14.0. The molecule has 0 aromatic heterocycles. The fraction of sp³-hybridized carbons (Fsp3) is 0.267. The lowest BCUT2D eigenvalue weighted by Crippen LogP contribution is -1.98. The van der Waals surface area contributed by atoms with E-state index in [2.05, 4.69) is 11.8 Å². The van der Waals surface area contributed by atoms with E-state index >= 15 is 0 Å². The van der Waals surface area contributed by atoms with Crippen molar-refractivity contribution in [1.82, 2.24) is 0 Å². The summed E-state index contributed by atoms with van der Waals surface area (Å²) in [5, 5.41) is 17.6. The molecule has 0 saturated carbocycles. The highest BCUT2D eigenvalue weighted by Crippen LogP contribution is 2.10. The van der Waals surface area contributed by atoms with Crippen molar-refractivity contribution in [1.29, 1.82) is 0 Å². The van der Waals surface area contributed by atoms with Gasteiger partial charge in [-0.05, 0) is 36.6 Å². The molecule has 18 heavy (non-hydrogen) atoms. The van der Waals surface area contributed by atoms with Crippen LogP contribution in [0.15, 0.2) is 30.3 Å². The molecule has 3 heteroatoms. The van der Waals surface area contributed by atoms with Crippen molar-refractivity contribution >= 4 is 12.0 Å². The maximum atomic E-state index is 10.9. The molecule has 0 heterocycles. The minimum Gasteiger partial charge on any atom is -0.478 e. The molecule has 1 aromatic carbocycles. The summed E-state index contributed by atoms with van der Waals surface area (Å²) in [7, 11) is 0. The van der Waals surface area contributed by atoms with Crippen LogP contribution >= 0.6 is 0 Å². The van der Waals surface area contributed by atoms with Crippen LogP contribution in [0.3, 0.4) is 0 Å². The SMILES string of the molecule is O=C(O)c1ccccc1/C=C/C#CCCCCO. The summed E-state index contributed by atoms with van der Waals surface area (Å²) in [4.78, 5) is 10.9. The van der Waals surface area contributed by atoms with Gasteiger partial charge in [-0.25, -0.2) is 4.79 Å². The third kappa shape index (κ3) is 4.86. The third-order valence-corrected chi connectivity index (χ3v) is 2.35. The maximum absolute atomic E-state index is 10.9. The van der Waals surface area contributed by atoms with E-state index in [9.17, 15) is 4.79 Å². The van der Waals surface area contributed by atoms with Crippen molar-refractivity contribution in [3.05, 3.63) is 41.5 Å². The van der Waals surface area contributed by atoms with E-state index in [4.69, 9.17) is 10.2 Å². The Labute approximate surface area is 107 Å². The topological polar surface area (TPSA) is 57.5 Å². The van der Waals surface area contributed by atoms with Crippen molar-refractivity contribution in [3.8, 4) is 11.8 Å². The van der Waals surface area contributed by atoms with Gasteiger partial charge in [0.2, 0.25) is 0 Å². The highest BCUT2D eigenvalue weighted by atomic mass is 16.4. The lowest BCUT2D eigenvalue weighted by atomic mass is 10.1. The van der Waals surface area contributed by atoms with Crippen molar-refractivity contribution in [2.24, 2.45) is 0 Å². The van der Waals surface area contributed by atoms with Gasteiger partial charge in [-0.1, -0.05) is 30.0 Å². The Kier molecular flexibility index (Phi) is 6.31. The predicted molar refractivity (Wildman–Crippen MR) is 71.1 cm³/mol. The first-order valence-electron chi connectivity index (χ1n) is 5.84. The molecule has 0 radical (unpaired) electrons. The molecule has 0 atom stereocenters. The Bertz CT molecular complexity index is 478. The average molecular weight is 244 g/mol. The number of rotatable bonds is 5. The number of hydrogen-bond acceptors (Lipinski definition) is 2. The van der Waals surface area contributed by atoms with E-state index in [1.807, 2.05) is 0 Å². The van der Waals surface area contributed by atoms with Crippen LogP contribution in [-0.2, 0) is 0 Å². The van der Waals surface area contributed by atoms with Gasteiger partial charge < -0.3 is 10.2 Å². The summed E-state index contributed by atoms with van der Waals surface area (Å²) in [5.74, 6) is 4.86. The lowest BCUT2D eigenvalue weighted by Gasteiger charge is -1.98. The smallest absolute Gasteiger partial charge is 0.336 e. The van der Waals surface area contributed by atoms with E-state index in [1.54, 1.807) is 36.4 Å². The molecule has 0 bridgehead atoms. The normalized spacial score (nSPS) is 10.1. The van der Waals surface area contributed by atoms with Crippen molar-refractivity contribution < 1.29 is 15.0 Å². The minimum absolute atomic E-state index is 0.198. The fourth-order valence-electron chi connectivity index (χ4n) is 1.42. The van der Waals surface area contributed by atoms with Gasteiger partial charge in [-0.2, -0.15) is 0 Å². The van der Waals surface area contributed by atoms with Crippen LogP contribution < -0.4 is 0 Å². The molecule has 0 aliphatic heterocycles. The van der Waals surface area contributed by atoms with E-state index in [0.29, 0.717) is 5.56 Å². The Balaban J connectivity index is 2.59. The molecule has 0 amide bonds. The zero-order chi connectivity index (χ0) is 13.2. The van der Waals surface area contributed by atoms with Crippen molar-refractivity contribution in [2.75, 3.05) is 6.61 Å². The molecular weight excluding hydrogens is 228 g/mol. The number of hydrogen-bond donors (Lipinski definition) is 2. The number of benzene rings is 1. The minimum atomic E-state index is -0.939. The molecule has 0 aliphatic carbocycles. The van der Waals surface area contributed by atoms with E-state index in [0.717, 1.165) is 19.3 Å². The molecule has 0 saturated heterocycles. The van der Waals surface area contributed by atoms with Gasteiger partial charge >= 0.3 is 5.97 Å². The van der Waals surface area contributed by atoms with Crippen LogP contribution in [-0.4, -0.2) is 22.8 Å². The number of carboxylic acids is 1. The molecule has 1 rings (SSSR count). The quantitative estimate of drug-likeness (QED) is 0.618. The molecule has 3 nitrogen and oxygen atoms in total. The molecule has 2 N–H and O–H groups in total. The van der Waals surface area contributed by atoms with Crippen LogP contribution in [0.5, 0.6) is 0 Å². The second-order valence-corrected chi connectivity index (χ2v) is 3.73. The Morgan fingerprint density at radius 1 is 1.28 bits per heavy atom. The molecule has 1 aromatic rings. The number of allylic oxidation sites excluding steroid dienone is 1. The standard InChI is InChI=1S/C15H16O3/c16-12-8-4-2-1-3-5-9-13-10-6-7-11-14(13)15(17)18/h5-7,9-11,16H,2,4,8,12H2,(H,17,18)/b9-5+. The van der Waals surface area contributed by atoms with Crippen molar-refractivity contribution in [2.45, 2.75) is 19.3 Å². The van der Waals surface area contributed by atoms with E-state index in [-0.39, 0.29) is 12.2 Å². The number of aliphatic hydroxyl groups excluding tert-OH is 1. The van der Waals surface area contributed by atoms with Crippen LogP contribution in [0.25, 0.3) is 6.08 Å². The third-order valence-electron chi connectivity index (χ3n) is 2.35. The highest BCUT2D eigenvalue weighted by molar-refractivity contribution is 5.92. The molecule has 0 spiro atoms. The largest absolute Gasteiger partial charge is 0.478 e. The van der Waals surface area contributed by atoms with Gasteiger partial charge in [0, 0.05) is 13.0 Å². The summed E-state index contributed by atoms with van der Waals surface area (Å²) in [5.41, 5.74) is 0.922. The first-order chi connectivity index (χ1) is 8.75. The molecule has 0 aliphatic rings. The molecular formula is C15H16O3. The maximum Gasteiger partial charge on any atom is 0.336 e. The van der Waals surface area contributed by atoms with E-state index in [1.165, 1.54) is 0 Å². The van der Waals surface area contributed by atoms with Gasteiger partial charge in [-0.15, -0.1) is 0 Å². The summed E-state index contributed by atoms with van der Waals surface area (Å²) in [6.07, 6.45) is 5.73. The second kappa shape index (κ2) is 8.10. The summed E-state index contributed by atoms with van der Waals surface area (Å²) >= 11 is 0. The van der Waals surface area contributed by atoms with Gasteiger partial charge in [-0.3, -0.25) is 0 Å². The monoisotopic (exact) mass is 244 g/mol. The lowest BCUT2D eigenvalue weighted by molar-refractivity contribution is 0.0696. The summed E-state index contributed by atoms with van der Waals surface area (Å²) in [6.45, 7) is 0.198. The second-order valence-electron chi connectivity index (χ2n) is 3.73. The Morgan fingerprint density at radius 2 is 2.06 bits per heavy atom. The molecule has 0 fully saturated rings. The number of aromatic carboxylic acids is 1. The zero-order valence-corrected chi connectivity index (χ0v) is 10.1. The number of unbranched alkanes of at least 4 members (excludes halogenated alkanes) is 2. The fourth-order valence-corrected chi connectivity index (χ4v) is 1.42. The average Bonchev–Trinajstić information content (AvgIpc) is 2.38. The number of carbonyl (C=O) groups is 1. The number of aliphatic hydroxyl groups is 1. The highest BCUT2D eigenvalue weighted by Gasteiger charge is 2.05. The van der Waals surface area contributed by atoms with Gasteiger partial charge in [0.25, 0.3) is 0 Å². The predicted octanol–water partition coefficient (Wildman–Crippen LogP) is 2.56. The van der Waals surface area contributed by atoms with Crippen molar-refractivity contribution in [3.63, 3.8) is 0 Å². The van der Waals surface area contributed by atoms with Gasteiger partial charge in [0.05, 0.1) is 5.56 Å². The van der Waals surface area contributed by atoms with Crippen LogP contribution in [0.4, 0.5) is 0 Å². The van der Waals surface area contributed by atoms with Crippen LogP contribution in [0, 0.1) is 11.8 Å². The molecule has 94 valence electrons. The first-order valence-corrected chi connectivity index (χ1v) is 5.84. The molecule has 0 unspecified atom stereocenters.